The summed E-state index contributed by atoms with van der Waals surface area (Å²) in [5.41, 5.74) is 0. The third-order valence-corrected chi connectivity index (χ3v) is 3.59. The van der Waals surface area contributed by atoms with Gasteiger partial charge in [0.2, 0.25) is 17.8 Å². The van der Waals surface area contributed by atoms with E-state index in [0.29, 0.717) is 17.9 Å². The summed E-state index contributed by atoms with van der Waals surface area (Å²) in [6, 6.07) is 0.505. The minimum Gasteiger partial charge on any atom is -0.354 e. The molecule has 1 N–H and O–H groups in total. The van der Waals surface area contributed by atoms with E-state index in [2.05, 4.69) is 44.0 Å². The molecule has 2 rings (SSSR count). The van der Waals surface area contributed by atoms with Gasteiger partial charge in [0.15, 0.2) is 0 Å². The van der Waals surface area contributed by atoms with Crippen LogP contribution < -0.4 is 15.1 Å². The zero-order valence-electron chi connectivity index (χ0n) is 13.1. The number of likely N-dealkylation sites (N-methyl/N-ethyl adjacent to an activating group) is 1. The van der Waals surface area contributed by atoms with Crippen molar-refractivity contribution in [2.45, 2.75) is 19.9 Å². The van der Waals surface area contributed by atoms with Crippen molar-refractivity contribution in [1.82, 2.24) is 19.9 Å². The predicted molar refractivity (Wildman–Crippen MR) is 82.6 cm³/mol. The van der Waals surface area contributed by atoms with E-state index in [1.165, 1.54) is 0 Å². The van der Waals surface area contributed by atoms with Gasteiger partial charge < -0.3 is 20.0 Å². The van der Waals surface area contributed by atoms with Crippen LogP contribution in [0.25, 0.3) is 0 Å². The fourth-order valence-electron chi connectivity index (χ4n) is 2.16. The second-order valence-corrected chi connectivity index (χ2v) is 5.46. The lowest BCUT2D eigenvalue weighted by Crippen LogP contribution is -2.50. The van der Waals surface area contributed by atoms with Crippen molar-refractivity contribution >= 4 is 17.8 Å². The first-order valence-electron chi connectivity index (χ1n) is 7.13. The Bertz CT molecular complexity index is 448. The van der Waals surface area contributed by atoms with E-state index in [4.69, 9.17) is 0 Å². The van der Waals surface area contributed by atoms with E-state index in [1.54, 1.807) is 0 Å². The summed E-state index contributed by atoms with van der Waals surface area (Å²) in [5.74, 6) is 2.10. The number of nitrogens with one attached hydrogen (secondary N) is 1. The summed E-state index contributed by atoms with van der Waals surface area (Å²) >= 11 is 0. The van der Waals surface area contributed by atoms with Crippen LogP contribution in [0.3, 0.4) is 0 Å². The van der Waals surface area contributed by atoms with Gasteiger partial charge in [0.05, 0.1) is 0 Å². The van der Waals surface area contributed by atoms with E-state index in [-0.39, 0.29) is 0 Å². The average molecular weight is 279 g/mol. The summed E-state index contributed by atoms with van der Waals surface area (Å²) in [5, 5.41) is 3.18. The summed E-state index contributed by atoms with van der Waals surface area (Å²) < 4.78 is 0. The van der Waals surface area contributed by atoms with Crippen LogP contribution in [0.15, 0.2) is 0 Å². The second kappa shape index (κ2) is 6.21. The van der Waals surface area contributed by atoms with Crippen LogP contribution in [0.2, 0.25) is 0 Å². The molecule has 0 bridgehead atoms. The molecule has 1 unspecified atom stereocenters. The van der Waals surface area contributed by atoms with Crippen LogP contribution in [0.5, 0.6) is 0 Å². The van der Waals surface area contributed by atoms with Crippen molar-refractivity contribution in [2.75, 3.05) is 62.4 Å². The fourth-order valence-corrected chi connectivity index (χ4v) is 2.16. The lowest BCUT2D eigenvalue weighted by atomic mass is 10.2. The molecule has 20 heavy (non-hydrogen) atoms. The highest BCUT2D eigenvalue weighted by atomic mass is 15.4. The molecule has 7 nitrogen and oxygen atoms in total. The molecule has 7 heteroatoms. The van der Waals surface area contributed by atoms with Gasteiger partial charge in [-0.15, -0.1) is 0 Å². The molecule has 0 amide bonds. The minimum atomic E-state index is 0.505. The third-order valence-electron chi connectivity index (χ3n) is 3.59. The van der Waals surface area contributed by atoms with E-state index in [0.717, 1.165) is 32.1 Å². The lowest BCUT2D eigenvalue weighted by molar-refractivity contribution is 0.233. The molecule has 0 spiro atoms. The van der Waals surface area contributed by atoms with Gasteiger partial charge >= 0.3 is 0 Å². The number of anilines is 3. The normalized spacial score (nSPS) is 20.1. The van der Waals surface area contributed by atoms with E-state index in [9.17, 15) is 0 Å². The molecular formula is C13H25N7. The molecule has 1 fully saturated rings. The Balaban J connectivity index is 2.25. The highest BCUT2D eigenvalue weighted by molar-refractivity contribution is 5.44. The van der Waals surface area contributed by atoms with Crippen molar-refractivity contribution in [1.29, 1.82) is 0 Å². The minimum absolute atomic E-state index is 0.505. The molecule has 1 saturated heterocycles. The molecule has 1 aliphatic rings. The fraction of sp³-hybridized carbons (Fsp3) is 0.769. The monoisotopic (exact) mass is 279 g/mol. The van der Waals surface area contributed by atoms with Gasteiger partial charge in [0.25, 0.3) is 0 Å². The number of rotatable bonds is 4. The Morgan fingerprint density at radius 2 is 2.00 bits per heavy atom. The number of aromatic nitrogens is 3. The van der Waals surface area contributed by atoms with Crippen LogP contribution in [0, 0.1) is 0 Å². The summed E-state index contributed by atoms with van der Waals surface area (Å²) in [7, 11) is 6.05. The van der Waals surface area contributed by atoms with Crippen LogP contribution in [-0.4, -0.2) is 73.2 Å². The van der Waals surface area contributed by atoms with Gasteiger partial charge in [-0.1, -0.05) is 0 Å². The smallest absolute Gasteiger partial charge is 0.232 e. The number of hydrogen-bond donors (Lipinski definition) is 1. The van der Waals surface area contributed by atoms with Crippen molar-refractivity contribution in [3.63, 3.8) is 0 Å². The highest BCUT2D eigenvalue weighted by Crippen LogP contribution is 2.18. The van der Waals surface area contributed by atoms with Crippen molar-refractivity contribution in [3.8, 4) is 0 Å². The lowest BCUT2D eigenvalue weighted by Gasteiger charge is -2.37. The largest absolute Gasteiger partial charge is 0.354 e. The van der Waals surface area contributed by atoms with E-state index >= 15 is 0 Å². The maximum Gasteiger partial charge on any atom is 0.232 e. The number of nitrogens with zero attached hydrogens (tertiary/aromatic N) is 6. The molecular weight excluding hydrogens is 254 g/mol. The number of hydrogen-bond acceptors (Lipinski definition) is 7. The predicted octanol–water partition coefficient (Wildman–Crippen LogP) is 0.510. The van der Waals surface area contributed by atoms with E-state index < -0.39 is 0 Å². The summed E-state index contributed by atoms with van der Waals surface area (Å²) in [4.78, 5) is 20.0. The Kier molecular flexibility index (Phi) is 4.59. The topological polar surface area (TPSA) is 60.4 Å². The molecule has 1 aromatic heterocycles. The first-order valence-corrected chi connectivity index (χ1v) is 7.13. The van der Waals surface area contributed by atoms with Crippen molar-refractivity contribution in [2.24, 2.45) is 0 Å². The van der Waals surface area contributed by atoms with Gasteiger partial charge in [-0.2, -0.15) is 15.0 Å². The van der Waals surface area contributed by atoms with Gasteiger partial charge in [0.1, 0.15) is 0 Å². The molecule has 0 saturated carbocycles. The zero-order chi connectivity index (χ0) is 14.7. The maximum atomic E-state index is 4.57. The molecule has 1 aliphatic heterocycles. The quantitative estimate of drug-likeness (QED) is 0.861. The summed E-state index contributed by atoms with van der Waals surface area (Å²) in [6.45, 7) is 7.99. The zero-order valence-corrected chi connectivity index (χ0v) is 13.1. The average Bonchev–Trinajstić information content (AvgIpc) is 2.42. The first-order chi connectivity index (χ1) is 9.51. The van der Waals surface area contributed by atoms with Crippen LogP contribution in [0.4, 0.5) is 17.8 Å². The maximum absolute atomic E-state index is 4.57. The first kappa shape index (κ1) is 14.8. The SMILES string of the molecule is CCNc1nc(N(C)C)nc(N2CCN(C)C(C)C2)n1. The Labute approximate surface area is 121 Å². The standard InChI is InChI=1S/C13H25N7/c1-6-14-11-15-12(18(3)4)17-13(16-11)20-8-7-19(5)10(2)9-20/h10H,6-9H2,1-5H3,(H,14,15,16,17). The van der Waals surface area contributed by atoms with Gasteiger partial charge in [0, 0.05) is 46.3 Å². The van der Waals surface area contributed by atoms with Gasteiger partial charge in [-0.05, 0) is 20.9 Å². The Morgan fingerprint density at radius 1 is 1.25 bits per heavy atom. The molecule has 0 radical (unpaired) electrons. The van der Waals surface area contributed by atoms with E-state index in [1.807, 2.05) is 25.9 Å². The van der Waals surface area contributed by atoms with Crippen LogP contribution >= 0.6 is 0 Å². The Morgan fingerprint density at radius 3 is 2.60 bits per heavy atom. The van der Waals surface area contributed by atoms with Crippen molar-refractivity contribution in [3.05, 3.63) is 0 Å². The van der Waals surface area contributed by atoms with Crippen molar-refractivity contribution < 1.29 is 0 Å². The van der Waals surface area contributed by atoms with Crippen LogP contribution in [0.1, 0.15) is 13.8 Å². The molecule has 112 valence electrons. The third kappa shape index (κ3) is 3.27. The molecule has 2 heterocycles. The number of piperazine rings is 1. The molecule has 1 atom stereocenters. The highest BCUT2D eigenvalue weighted by Gasteiger charge is 2.23. The van der Waals surface area contributed by atoms with Gasteiger partial charge in [-0.3, -0.25) is 0 Å². The van der Waals surface area contributed by atoms with Crippen LogP contribution in [-0.2, 0) is 0 Å². The molecule has 0 aromatic carbocycles. The molecule has 1 aromatic rings. The molecule has 0 aliphatic carbocycles. The van der Waals surface area contributed by atoms with Gasteiger partial charge in [-0.25, -0.2) is 0 Å². The summed E-state index contributed by atoms with van der Waals surface area (Å²) in [6.07, 6.45) is 0. The second-order valence-electron chi connectivity index (χ2n) is 5.46. The Hall–Kier alpha value is -1.63.